The van der Waals surface area contributed by atoms with Crippen LogP contribution in [0.1, 0.15) is 0 Å². The van der Waals surface area contributed by atoms with Crippen LogP contribution in [0.25, 0.3) is 129 Å². The average molecular weight is 788 g/mol. The third-order valence-corrected chi connectivity index (χ3v) is 14.1. The fraction of sp³-hybridized carbons (Fsp3) is 0. The van der Waals surface area contributed by atoms with Crippen LogP contribution in [0.2, 0.25) is 0 Å². The molecule has 0 amide bonds. The van der Waals surface area contributed by atoms with Crippen LogP contribution in [-0.2, 0) is 0 Å². The number of aromatic nitrogens is 3. The maximum Gasteiger partial charge on any atom is 0.164 e. The van der Waals surface area contributed by atoms with E-state index in [2.05, 4.69) is 164 Å². The fourth-order valence-electron chi connectivity index (χ4n) is 8.99. The molecule has 59 heavy (non-hydrogen) atoms. The summed E-state index contributed by atoms with van der Waals surface area (Å²) in [5, 5.41) is 11.8. The summed E-state index contributed by atoms with van der Waals surface area (Å²) in [4.78, 5) is 16.2. The van der Waals surface area contributed by atoms with Gasteiger partial charge in [0.2, 0.25) is 0 Å². The van der Waals surface area contributed by atoms with Gasteiger partial charge in [0.25, 0.3) is 0 Å². The number of rotatable bonds is 4. The molecule has 9 aromatic carbocycles. The van der Waals surface area contributed by atoms with Gasteiger partial charge in [-0.15, -0.1) is 22.7 Å². The Hall–Kier alpha value is -7.25. The molecule has 0 saturated carbocycles. The fourth-order valence-corrected chi connectivity index (χ4v) is 11.5. The van der Waals surface area contributed by atoms with Crippen LogP contribution in [0.5, 0.6) is 0 Å². The lowest BCUT2D eigenvalue weighted by atomic mass is 9.98. The Morgan fingerprint density at radius 2 is 0.831 bits per heavy atom. The molecule has 0 aliphatic heterocycles. The highest BCUT2D eigenvalue weighted by Crippen LogP contribution is 2.46. The molecule has 6 heteroatoms. The second-order valence-electron chi connectivity index (χ2n) is 15.1. The van der Waals surface area contributed by atoms with Gasteiger partial charge in [0.1, 0.15) is 11.2 Å². The van der Waals surface area contributed by atoms with E-state index in [1.165, 1.54) is 51.1 Å². The van der Waals surface area contributed by atoms with Crippen molar-refractivity contribution in [2.24, 2.45) is 0 Å². The Bertz CT molecular complexity index is 3690. The second-order valence-corrected chi connectivity index (χ2v) is 17.2. The van der Waals surface area contributed by atoms with Crippen LogP contribution in [0.4, 0.5) is 0 Å². The number of nitrogens with zero attached hydrogens (tertiary/aromatic N) is 3. The van der Waals surface area contributed by atoms with Gasteiger partial charge >= 0.3 is 0 Å². The Labute approximate surface area is 345 Å². The van der Waals surface area contributed by atoms with Gasteiger partial charge in [-0.2, -0.15) is 0 Å². The zero-order chi connectivity index (χ0) is 38.6. The lowest BCUT2D eigenvalue weighted by Gasteiger charge is -2.13. The predicted octanol–water partition coefficient (Wildman–Crippen LogP) is 15.5. The van der Waals surface area contributed by atoms with Crippen molar-refractivity contribution in [3.63, 3.8) is 0 Å². The Morgan fingerprint density at radius 1 is 0.356 bits per heavy atom. The Balaban J connectivity index is 1.08. The highest BCUT2D eigenvalue weighted by molar-refractivity contribution is 7.27. The summed E-state index contributed by atoms with van der Waals surface area (Å²) in [5.74, 6) is 1.93. The summed E-state index contributed by atoms with van der Waals surface area (Å²) in [6.07, 6.45) is 0. The number of hydrogen-bond donors (Lipinski definition) is 0. The first-order valence-corrected chi connectivity index (χ1v) is 21.3. The largest absolute Gasteiger partial charge is 0.455 e. The van der Waals surface area contributed by atoms with E-state index in [1.54, 1.807) is 0 Å². The highest BCUT2D eigenvalue weighted by atomic mass is 32.1. The third-order valence-electron chi connectivity index (χ3n) is 11.7. The van der Waals surface area contributed by atoms with E-state index in [0.717, 1.165) is 60.5 Å². The van der Waals surface area contributed by atoms with Gasteiger partial charge in [-0.25, -0.2) is 15.0 Å². The standard InChI is InChI=1S/C53H29N3OS2/c1-3-14-35-32(12-1)28-41(46-39-17-6-9-22-44(39)58-49(35)46)52-54-51(31-26-24-30(25-27-31)34-19-11-20-38-37-16-5-8-21-43(37)57-48(34)38)55-53(56-52)42-29-33-13-2-4-15-36(33)50-47(42)40-18-7-10-23-45(40)59-50/h1-29H. The molecule has 0 saturated heterocycles. The molecule has 4 nitrogen and oxygen atoms in total. The minimum atomic E-state index is 0.625. The SMILES string of the molecule is c1ccc2c(c1)cc(-c1nc(-c3ccc(-c4cccc5c4oc4ccccc45)cc3)nc(-c3cc4ccccc4c4sc5ccccc5c34)n1)c1c3ccccc3sc21. The topological polar surface area (TPSA) is 51.8 Å². The van der Waals surface area contributed by atoms with Gasteiger partial charge in [-0.3, -0.25) is 0 Å². The molecule has 0 aliphatic rings. The molecular weight excluding hydrogens is 759 g/mol. The third kappa shape index (κ3) is 4.97. The van der Waals surface area contributed by atoms with Crippen LogP contribution in [0, 0.1) is 0 Å². The minimum Gasteiger partial charge on any atom is -0.455 e. The van der Waals surface area contributed by atoms with Gasteiger partial charge in [-0.05, 0) is 57.4 Å². The summed E-state index contributed by atoms with van der Waals surface area (Å²) in [5.41, 5.74) is 6.80. The van der Waals surface area contributed by atoms with Crippen molar-refractivity contribution in [1.82, 2.24) is 15.0 Å². The van der Waals surface area contributed by atoms with Gasteiger partial charge in [0.05, 0.1) is 0 Å². The first-order chi connectivity index (χ1) is 29.2. The first-order valence-electron chi connectivity index (χ1n) is 19.7. The summed E-state index contributed by atoms with van der Waals surface area (Å²) in [6.45, 7) is 0. The zero-order valence-corrected chi connectivity index (χ0v) is 32.9. The normalized spacial score (nSPS) is 12.1. The molecule has 13 rings (SSSR count). The lowest BCUT2D eigenvalue weighted by molar-refractivity contribution is 0.670. The van der Waals surface area contributed by atoms with Gasteiger partial charge < -0.3 is 4.42 Å². The van der Waals surface area contributed by atoms with Crippen LogP contribution in [0.3, 0.4) is 0 Å². The number of thiophene rings is 2. The monoisotopic (exact) mass is 787 g/mol. The van der Waals surface area contributed by atoms with E-state index in [4.69, 9.17) is 19.4 Å². The van der Waals surface area contributed by atoms with Crippen molar-refractivity contribution in [3.8, 4) is 45.3 Å². The van der Waals surface area contributed by atoms with E-state index in [9.17, 15) is 0 Å². The van der Waals surface area contributed by atoms with Crippen molar-refractivity contribution >= 4 is 107 Å². The molecule has 0 aliphatic carbocycles. The molecule has 0 bridgehead atoms. The van der Waals surface area contributed by atoms with E-state index in [-0.39, 0.29) is 0 Å². The maximum atomic E-state index is 6.43. The van der Waals surface area contributed by atoms with Gasteiger partial charge in [0.15, 0.2) is 17.5 Å². The zero-order valence-electron chi connectivity index (χ0n) is 31.3. The van der Waals surface area contributed by atoms with Crippen molar-refractivity contribution < 1.29 is 4.42 Å². The van der Waals surface area contributed by atoms with Crippen LogP contribution < -0.4 is 0 Å². The molecule has 13 aromatic rings. The van der Waals surface area contributed by atoms with Crippen molar-refractivity contribution in [1.29, 1.82) is 0 Å². The summed E-state index contributed by atoms with van der Waals surface area (Å²) < 4.78 is 11.4. The molecule has 0 N–H and O–H groups in total. The van der Waals surface area contributed by atoms with Crippen LogP contribution in [-0.4, -0.2) is 15.0 Å². The molecule has 0 unspecified atom stereocenters. The molecule has 0 atom stereocenters. The van der Waals surface area contributed by atoms with E-state index >= 15 is 0 Å². The Morgan fingerprint density at radius 3 is 1.44 bits per heavy atom. The highest BCUT2D eigenvalue weighted by Gasteiger charge is 2.22. The molecule has 4 aromatic heterocycles. The predicted molar refractivity (Wildman–Crippen MR) is 250 cm³/mol. The van der Waals surface area contributed by atoms with Crippen molar-refractivity contribution in [3.05, 3.63) is 176 Å². The van der Waals surface area contributed by atoms with E-state index in [0.29, 0.717) is 17.5 Å². The molecular formula is C53H29N3OS2. The molecule has 0 fully saturated rings. The summed E-state index contributed by atoms with van der Waals surface area (Å²) in [7, 11) is 0. The molecule has 4 heterocycles. The molecule has 274 valence electrons. The number of fused-ring (bicyclic) bond motifs is 13. The van der Waals surface area contributed by atoms with Crippen LogP contribution in [0.15, 0.2) is 180 Å². The average Bonchev–Trinajstić information content (AvgIpc) is 4.01. The van der Waals surface area contributed by atoms with Gasteiger partial charge in [0, 0.05) is 73.4 Å². The smallest absolute Gasteiger partial charge is 0.164 e. The molecule has 0 spiro atoms. The minimum absolute atomic E-state index is 0.625. The summed E-state index contributed by atoms with van der Waals surface area (Å²) in [6, 6.07) is 62.4. The van der Waals surface area contributed by atoms with Crippen molar-refractivity contribution in [2.45, 2.75) is 0 Å². The van der Waals surface area contributed by atoms with Crippen LogP contribution >= 0.6 is 22.7 Å². The lowest BCUT2D eigenvalue weighted by Crippen LogP contribution is -2.01. The number of furan rings is 1. The number of benzene rings is 9. The number of para-hydroxylation sites is 2. The number of hydrogen-bond acceptors (Lipinski definition) is 6. The summed E-state index contributed by atoms with van der Waals surface area (Å²) >= 11 is 3.66. The second kappa shape index (κ2) is 12.6. The van der Waals surface area contributed by atoms with E-state index in [1.807, 2.05) is 34.8 Å². The van der Waals surface area contributed by atoms with Gasteiger partial charge in [-0.1, -0.05) is 146 Å². The first kappa shape index (κ1) is 32.8. The maximum absolute atomic E-state index is 6.43. The molecule has 0 radical (unpaired) electrons. The quantitative estimate of drug-likeness (QED) is 0.178. The Kier molecular flexibility index (Phi) is 7.02. The van der Waals surface area contributed by atoms with Crippen molar-refractivity contribution in [2.75, 3.05) is 0 Å². The van der Waals surface area contributed by atoms with E-state index < -0.39 is 0 Å².